The Labute approximate surface area is 112 Å². The molecule has 1 aliphatic heterocycles. The highest BCUT2D eigenvalue weighted by atomic mass is 16.5. The summed E-state index contributed by atoms with van der Waals surface area (Å²) >= 11 is 0. The highest BCUT2D eigenvalue weighted by Crippen LogP contribution is 2.40. The molecule has 0 radical (unpaired) electrons. The van der Waals surface area contributed by atoms with Crippen molar-refractivity contribution in [1.82, 2.24) is 0 Å². The lowest BCUT2D eigenvalue weighted by molar-refractivity contribution is 0.237. The fraction of sp³-hybridized carbons (Fsp3) is 0.312. The molecule has 1 aromatic carbocycles. The lowest BCUT2D eigenvalue weighted by Crippen LogP contribution is -2.28. The van der Waals surface area contributed by atoms with E-state index in [0.29, 0.717) is 5.76 Å². The van der Waals surface area contributed by atoms with Crippen LogP contribution in [0.5, 0.6) is 5.75 Å². The van der Waals surface area contributed by atoms with Crippen LogP contribution in [0.1, 0.15) is 26.3 Å². The molecular formula is C16H17NO2. The lowest BCUT2D eigenvalue weighted by atomic mass is 9.88. The summed E-state index contributed by atoms with van der Waals surface area (Å²) in [4.78, 5) is 4.71. The van der Waals surface area contributed by atoms with E-state index in [9.17, 15) is 5.11 Å². The Kier molecular flexibility index (Phi) is 2.61. The van der Waals surface area contributed by atoms with Gasteiger partial charge in [0.1, 0.15) is 17.5 Å². The first-order valence-electron chi connectivity index (χ1n) is 6.43. The average molecular weight is 255 g/mol. The number of allylic oxidation sites excluding steroid dienone is 1. The van der Waals surface area contributed by atoms with E-state index in [1.165, 1.54) is 0 Å². The minimum absolute atomic E-state index is 0.569. The smallest absolute Gasteiger partial charge is 0.155 e. The molecule has 1 atom stereocenters. The fourth-order valence-corrected chi connectivity index (χ4v) is 2.49. The molecule has 0 aromatic heterocycles. The number of benzene rings is 1. The molecule has 19 heavy (non-hydrogen) atoms. The van der Waals surface area contributed by atoms with E-state index in [1.54, 1.807) is 0 Å². The van der Waals surface area contributed by atoms with Crippen molar-refractivity contribution >= 4 is 11.4 Å². The molecule has 2 aliphatic rings. The van der Waals surface area contributed by atoms with Gasteiger partial charge in [-0.25, -0.2) is 4.99 Å². The molecule has 0 saturated carbocycles. The topological polar surface area (TPSA) is 41.8 Å². The first kappa shape index (κ1) is 12.2. The summed E-state index contributed by atoms with van der Waals surface area (Å²) in [6.45, 7) is 7.85. The van der Waals surface area contributed by atoms with Crippen molar-refractivity contribution in [3.63, 3.8) is 0 Å². The molecule has 1 unspecified atom stereocenters. The standard InChI is InChI=1S/C16H17NO2/c1-8-5-6-13-12(7-8)17-14-9(2)10(3)15(18)11(4)16(14)19-13/h5-7,15,18H,1-4H3. The Morgan fingerprint density at radius 1 is 1.11 bits per heavy atom. The van der Waals surface area contributed by atoms with Gasteiger partial charge in [-0.05, 0) is 56.5 Å². The molecule has 0 fully saturated rings. The number of hydrogen-bond donors (Lipinski definition) is 1. The number of hydrogen-bond acceptors (Lipinski definition) is 3. The fourth-order valence-electron chi connectivity index (χ4n) is 2.49. The van der Waals surface area contributed by atoms with Crippen LogP contribution in [-0.4, -0.2) is 16.9 Å². The highest BCUT2D eigenvalue weighted by Gasteiger charge is 2.31. The van der Waals surface area contributed by atoms with Crippen molar-refractivity contribution in [2.75, 3.05) is 0 Å². The normalized spacial score (nSPS) is 21.7. The summed E-state index contributed by atoms with van der Waals surface area (Å²) in [6, 6.07) is 5.95. The van der Waals surface area contributed by atoms with Crippen molar-refractivity contribution in [1.29, 1.82) is 0 Å². The minimum Gasteiger partial charge on any atom is -0.453 e. The van der Waals surface area contributed by atoms with Gasteiger partial charge in [0.25, 0.3) is 0 Å². The number of aliphatic hydroxyl groups excluding tert-OH is 1. The van der Waals surface area contributed by atoms with Gasteiger partial charge in [-0.2, -0.15) is 0 Å². The number of rotatable bonds is 0. The van der Waals surface area contributed by atoms with Crippen molar-refractivity contribution in [3.05, 3.63) is 46.2 Å². The molecule has 0 amide bonds. The third kappa shape index (κ3) is 1.73. The maximum absolute atomic E-state index is 10.2. The van der Waals surface area contributed by atoms with E-state index < -0.39 is 6.10 Å². The quantitative estimate of drug-likeness (QED) is 0.771. The van der Waals surface area contributed by atoms with E-state index in [4.69, 9.17) is 9.73 Å². The monoisotopic (exact) mass is 255 g/mol. The van der Waals surface area contributed by atoms with Gasteiger partial charge >= 0.3 is 0 Å². The summed E-state index contributed by atoms with van der Waals surface area (Å²) in [6.07, 6.45) is -0.569. The predicted octanol–water partition coefficient (Wildman–Crippen LogP) is 3.44. The van der Waals surface area contributed by atoms with Crippen LogP contribution in [0.3, 0.4) is 0 Å². The molecule has 0 spiro atoms. The minimum atomic E-state index is -0.569. The maximum atomic E-state index is 10.2. The molecule has 0 bridgehead atoms. The largest absolute Gasteiger partial charge is 0.453 e. The predicted molar refractivity (Wildman–Crippen MR) is 76.0 cm³/mol. The van der Waals surface area contributed by atoms with E-state index in [0.717, 1.165) is 39.4 Å². The zero-order valence-corrected chi connectivity index (χ0v) is 11.6. The highest BCUT2D eigenvalue weighted by molar-refractivity contribution is 6.15. The van der Waals surface area contributed by atoms with Gasteiger partial charge in [0.2, 0.25) is 0 Å². The van der Waals surface area contributed by atoms with Gasteiger partial charge in [0, 0.05) is 5.57 Å². The van der Waals surface area contributed by atoms with Crippen molar-refractivity contribution in [2.24, 2.45) is 4.99 Å². The van der Waals surface area contributed by atoms with Gasteiger partial charge in [0.15, 0.2) is 11.5 Å². The number of nitrogens with zero attached hydrogens (tertiary/aromatic N) is 1. The second-order valence-electron chi connectivity index (χ2n) is 5.26. The number of ether oxygens (including phenoxy) is 1. The average Bonchev–Trinajstić information content (AvgIpc) is 2.41. The number of aliphatic hydroxyl groups is 1. The molecule has 98 valence electrons. The first-order chi connectivity index (χ1) is 8.99. The SMILES string of the molecule is CC1=C(C)C(O)C(C)=C2Oc3ccc(C)cc3N=C12. The van der Waals surface area contributed by atoms with Crippen molar-refractivity contribution in [2.45, 2.75) is 33.8 Å². The van der Waals surface area contributed by atoms with E-state index in [2.05, 4.69) is 0 Å². The van der Waals surface area contributed by atoms with Crippen LogP contribution < -0.4 is 4.74 Å². The molecule has 1 heterocycles. The Morgan fingerprint density at radius 3 is 2.58 bits per heavy atom. The van der Waals surface area contributed by atoms with E-state index in [-0.39, 0.29) is 0 Å². The lowest BCUT2D eigenvalue weighted by Gasteiger charge is -2.29. The Balaban J connectivity index is 2.23. The first-order valence-corrected chi connectivity index (χ1v) is 6.43. The molecule has 1 N–H and O–H groups in total. The molecule has 3 heteroatoms. The van der Waals surface area contributed by atoms with Crippen molar-refractivity contribution in [3.8, 4) is 5.75 Å². The molecule has 1 aliphatic carbocycles. The van der Waals surface area contributed by atoms with Crippen LogP contribution >= 0.6 is 0 Å². The van der Waals surface area contributed by atoms with Crippen LogP contribution in [0.15, 0.2) is 45.7 Å². The van der Waals surface area contributed by atoms with Gasteiger partial charge < -0.3 is 9.84 Å². The molecule has 3 nitrogen and oxygen atoms in total. The molecule has 0 saturated heterocycles. The maximum Gasteiger partial charge on any atom is 0.155 e. The summed E-state index contributed by atoms with van der Waals surface area (Å²) < 4.78 is 5.95. The number of aliphatic imine (C=N–C) groups is 1. The molecule has 1 aromatic rings. The van der Waals surface area contributed by atoms with Crippen molar-refractivity contribution < 1.29 is 9.84 Å². The van der Waals surface area contributed by atoms with Crippen LogP contribution in [0.2, 0.25) is 0 Å². The van der Waals surface area contributed by atoms with E-state index >= 15 is 0 Å². The van der Waals surface area contributed by atoms with Gasteiger partial charge in [-0.3, -0.25) is 0 Å². The summed E-state index contributed by atoms with van der Waals surface area (Å²) in [5.41, 5.74) is 5.63. The van der Waals surface area contributed by atoms with Gasteiger partial charge in [-0.15, -0.1) is 0 Å². The zero-order valence-electron chi connectivity index (χ0n) is 11.6. The Hall–Kier alpha value is -1.87. The third-order valence-corrected chi connectivity index (χ3v) is 3.90. The number of aryl methyl sites for hydroxylation is 1. The van der Waals surface area contributed by atoms with Gasteiger partial charge in [-0.1, -0.05) is 6.07 Å². The van der Waals surface area contributed by atoms with Crippen LogP contribution in [0, 0.1) is 6.92 Å². The second kappa shape index (κ2) is 4.07. The van der Waals surface area contributed by atoms with Crippen LogP contribution in [0.25, 0.3) is 0 Å². The second-order valence-corrected chi connectivity index (χ2v) is 5.26. The Morgan fingerprint density at radius 2 is 1.84 bits per heavy atom. The summed E-state index contributed by atoms with van der Waals surface area (Å²) in [5.74, 6) is 1.45. The third-order valence-electron chi connectivity index (χ3n) is 3.90. The molecular weight excluding hydrogens is 238 g/mol. The Bertz CT molecular complexity index is 665. The number of fused-ring (bicyclic) bond motifs is 2. The molecule has 3 rings (SSSR count). The summed E-state index contributed by atoms with van der Waals surface area (Å²) in [5, 5.41) is 10.2. The zero-order chi connectivity index (χ0) is 13.7. The summed E-state index contributed by atoms with van der Waals surface area (Å²) in [7, 11) is 0. The van der Waals surface area contributed by atoms with Gasteiger partial charge in [0.05, 0.1) is 0 Å². The van der Waals surface area contributed by atoms with E-state index in [1.807, 2.05) is 45.9 Å². The van der Waals surface area contributed by atoms with Crippen LogP contribution in [0.4, 0.5) is 5.69 Å². The van der Waals surface area contributed by atoms with Crippen LogP contribution in [-0.2, 0) is 0 Å².